The van der Waals surface area contributed by atoms with Crippen LogP contribution in [-0.4, -0.2) is 24.1 Å². The van der Waals surface area contributed by atoms with Crippen LogP contribution in [0.5, 0.6) is 0 Å². The molecule has 0 atom stereocenters. The molecule has 0 aliphatic rings. The lowest BCUT2D eigenvalue weighted by molar-refractivity contribution is 0.0686. The van der Waals surface area contributed by atoms with Crippen molar-refractivity contribution in [3.8, 4) is 0 Å². The van der Waals surface area contributed by atoms with Crippen molar-refractivity contribution in [2.24, 2.45) is 7.05 Å². The zero-order valence-corrected chi connectivity index (χ0v) is 13.0. The van der Waals surface area contributed by atoms with Crippen molar-refractivity contribution in [3.63, 3.8) is 0 Å². The van der Waals surface area contributed by atoms with Gasteiger partial charge in [0.25, 0.3) is 10.0 Å². The first-order valence-corrected chi connectivity index (χ1v) is 7.82. The normalized spacial score (nSPS) is 11.4. The number of hydrogen-bond donors (Lipinski definition) is 2. The molecule has 6 nitrogen and oxygen atoms in total. The number of carboxylic acids is 1. The Morgan fingerprint density at radius 3 is 2.48 bits per heavy atom. The van der Waals surface area contributed by atoms with E-state index in [1.165, 1.54) is 36.0 Å². The molecular weight excluding hydrogens is 339 g/mol. The average molecular weight is 349 g/mol. The van der Waals surface area contributed by atoms with Crippen LogP contribution in [-0.2, 0) is 17.1 Å². The number of aromatic nitrogens is 1. The highest BCUT2D eigenvalue weighted by Crippen LogP contribution is 2.27. The third kappa shape index (κ3) is 3.31. The number of benzene rings is 1. The molecule has 21 heavy (non-hydrogen) atoms. The molecule has 9 heteroatoms. The molecule has 1 aromatic carbocycles. The Morgan fingerprint density at radius 2 is 1.95 bits per heavy atom. The fourth-order valence-electron chi connectivity index (χ4n) is 1.67. The van der Waals surface area contributed by atoms with Crippen LogP contribution < -0.4 is 4.72 Å². The number of carboxylic acid groups (broad SMARTS) is 1. The number of nitrogens with zero attached hydrogens (tertiary/aromatic N) is 1. The molecular formula is C12H10Cl2N2O4S. The third-order valence-corrected chi connectivity index (χ3v) is 4.57. The second kappa shape index (κ2) is 5.59. The molecule has 0 aliphatic carbocycles. The maximum atomic E-state index is 12.2. The predicted molar refractivity (Wildman–Crippen MR) is 79.6 cm³/mol. The highest BCUT2D eigenvalue weighted by atomic mass is 35.5. The zero-order chi connectivity index (χ0) is 15.8. The van der Waals surface area contributed by atoms with E-state index in [1.54, 1.807) is 0 Å². The maximum Gasteiger partial charge on any atom is 0.352 e. The zero-order valence-electron chi connectivity index (χ0n) is 10.7. The minimum absolute atomic E-state index is 0.139. The van der Waals surface area contributed by atoms with Crippen molar-refractivity contribution in [2.75, 3.05) is 4.72 Å². The van der Waals surface area contributed by atoms with Gasteiger partial charge in [-0.25, -0.2) is 13.2 Å². The molecule has 2 N–H and O–H groups in total. The summed E-state index contributed by atoms with van der Waals surface area (Å²) in [6.07, 6.45) is 1.20. The third-order valence-electron chi connectivity index (χ3n) is 2.68. The Bertz CT molecular complexity index is 815. The van der Waals surface area contributed by atoms with Crippen molar-refractivity contribution < 1.29 is 18.3 Å². The van der Waals surface area contributed by atoms with E-state index in [9.17, 15) is 13.2 Å². The molecule has 2 aromatic rings. The van der Waals surface area contributed by atoms with Gasteiger partial charge in [-0.05, 0) is 24.3 Å². The van der Waals surface area contributed by atoms with Crippen LogP contribution in [0.15, 0.2) is 35.4 Å². The first kappa shape index (κ1) is 15.7. The van der Waals surface area contributed by atoms with E-state index in [-0.39, 0.29) is 21.3 Å². The molecule has 0 spiro atoms. The number of nitrogens with one attached hydrogen (secondary N) is 1. The first-order chi connectivity index (χ1) is 9.70. The molecule has 0 aliphatic heterocycles. The Hall–Kier alpha value is -1.70. The number of rotatable bonds is 4. The van der Waals surface area contributed by atoms with E-state index in [0.29, 0.717) is 5.02 Å². The van der Waals surface area contributed by atoms with Crippen molar-refractivity contribution in [1.29, 1.82) is 0 Å². The van der Waals surface area contributed by atoms with Crippen molar-refractivity contribution in [1.82, 2.24) is 4.57 Å². The Balaban J connectivity index is 2.38. The van der Waals surface area contributed by atoms with E-state index in [0.717, 1.165) is 6.07 Å². The van der Waals surface area contributed by atoms with Crippen LogP contribution >= 0.6 is 23.2 Å². The summed E-state index contributed by atoms with van der Waals surface area (Å²) >= 11 is 11.6. The SMILES string of the molecule is Cn1cc(S(=O)(=O)Nc2ccc(Cl)cc2Cl)cc1C(=O)O. The molecule has 1 aromatic heterocycles. The van der Waals surface area contributed by atoms with Gasteiger partial charge < -0.3 is 9.67 Å². The first-order valence-electron chi connectivity index (χ1n) is 5.58. The average Bonchev–Trinajstić information content (AvgIpc) is 2.76. The fourth-order valence-corrected chi connectivity index (χ4v) is 3.33. The second-order valence-electron chi connectivity index (χ2n) is 4.21. The van der Waals surface area contributed by atoms with Gasteiger partial charge in [0.1, 0.15) is 10.6 Å². The van der Waals surface area contributed by atoms with E-state index in [1.807, 2.05) is 0 Å². The minimum Gasteiger partial charge on any atom is -0.477 e. The standard InChI is InChI=1S/C12H10Cl2N2O4S/c1-16-6-8(5-11(16)12(17)18)21(19,20)15-10-3-2-7(13)4-9(10)14/h2-6,15H,1H3,(H,17,18). The lowest BCUT2D eigenvalue weighted by atomic mass is 10.3. The molecule has 0 amide bonds. The van der Waals surface area contributed by atoms with Crippen molar-refractivity contribution in [3.05, 3.63) is 46.2 Å². The van der Waals surface area contributed by atoms with Crippen LogP contribution in [0.2, 0.25) is 10.0 Å². The Kier molecular flexibility index (Phi) is 4.18. The van der Waals surface area contributed by atoms with Gasteiger partial charge in [0.15, 0.2) is 0 Å². The molecule has 2 rings (SSSR count). The monoisotopic (exact) mass is 348 g/mol. The Morgan fingerprint density at radius 1 is 1.29 bits per heavy atom. The molecule has 0 unspecified atom stereocenters. The van der Waals surface area contributed by atoms with Crippen molar-refractivity contribution >= 4 is 44.9 Å². The van der Waals surface area contributed by atoms with Gasteiger partial charge in [-0.15, -0.1) is 0 Å². The summed E-state index contributed by atoms with van der Waals surface area (Å²) in [6, 6.07) is 5.37. The van der Waals surface area contributed by atoms with E-state index in [2.05, 4.69) is 4.72 Å². The van der Waals surface area contributed by atoms with Gasteiger partial charge in [0, 0.05) is 18.3 Å². The molecule has 1 heterocycles. The summed E-state index contributed by atoms with van der Waals surface area (Å²) in [4.78, 5) is 10.8. The van der Waals surface area contributed by atoms with E-state index < -0.39 is 16.0 Å². The smallest absolute Gasteiger partial charge is 0.352 e. The van der Waals surface area contributed by atoms with Crippen molar-refractivity contribution in [2.45, 2.75) is 4.90 Å². The van der Waals surface area contributed by atoms with E-state index in [4.69, 9.17) is 28.3 Å². The molecule has 112 valence electrons. The number of sulfonamides is 1. The van der Waals surface area contributed by atoms with Gasteiger partial charge in [0.2, 0.25) is 0 Å². The summed E-state index contributed by atoms with van der Waals surface area (Å²) in [5, 5.41) is 9.45. The Labute approximate surface area is 131 Å². The molecule has 0 saturated carbocycles. The van der Waals surface area contributed by atoms with Gasteiger partial charge >= 0.3 is 5.97 Å². The summed E-state index contributed by atoms with van der Waals surface area (Å²) < 4.78 is 27.9. The number of carbonyl (C=O) groups is 1. The largest absolute Gasteiger partial charge is 0.477 e. The summed E-state index contributed by atoms with van der Waals surface area (Å²) in [5.41, 5.74) is 0.0133. The van der Waals surface area contributed by atoms with Gasteiger partial charge in [-0.3, -0.25) is 4.72 Å². The number of halogens is 2. The highest BCUT2D eigenvalue weighted by Gasteiger charge is 2.21. The molecule has 0 radical (unpaired) electrons. The summed E-state index contributed by atoms with van der Waals surface area (Å²) in [6.45, 7) is 0. The quantitative estimate of drug-likeness (QED) is 0.888. The molecule has 0 fully saturated rings. The van der Waals surface area contributed by atoms with E-state index >= 15 is 0 Å². The van der Waals surface area contributed by atoms with Gasteiger partial charge in [-0.2, -0.15) is 0 Å². The van der Waals surface area contributed by atoms with Gasteiger partial charge in [-0.1, -0.05) is 23.2 Å². The van der Waals surface area contributed by atoms with Crippen LogP contribution in [0.4, 0.5) is 5.69 Å². The number of aromatic carboxylic acids is 1. The molecule has 0 saturated heterocycles. The number of anilines is 1. The van der Waals surface area contributed by atoms with Crippen LogP contribution in [0.25, 0.3) is 0 Å². The predicted octanol–water partition coefficient (Wildman–Crippen LogP) is 2.83. The summed E-state index contributed by atoms with van der Waals surface area (Å²) in [5.74, 6) is -1.22. The van der Waals surface area contributed by atoms with Crippen LogP contribution in [0.1, 0.15) is 10.5 Å². The topological polar surface area (TPSA) is 88.4 Å². The second-order valence-corrected chi connectivity index (χ2v) is 6.73. The number of aryl methyl sites for hydroxylation is 1. The summed E-state index contributed by atoms with van der Waals surface area (Å²) in [7, 11) is -2.50. The fraction of sp³-hybridized carbons (Fsp3) is 0.0833. The number of hydrogen-bond acceptors (Lipinski definition) is 3. The maximum absolute atomic E-state index is 12.2. The highest BCUT2D eigenvalue weighted by molar-refractivity contribution is 7.92. The van der Waals surface area contributed by atoms with Gasteiger partial charge in [0.05, 0.1) is 10.7 Å². The lowest BCUT2D eigenvalue weighted by Gasteiger charge is -2.08. The van der Waals surface area contributed by atoms with Crippen LogP contribution in [0, 0.1) is 0 Å². The molecule has 0 bridgehead atoms. The van der Waals surface area contributed by atoms with Crippen LogP contribution in [0.3, 0.4) is 0 Å². The lowest BCUT2D eigenvalue weighted by Crippen LogP contribution is -2.12. The minimum atomic E-state index is -3.95.